The monoisotopic (exact) mass is 347 g/mol. The zero-order valence-corrected chi connectivity index (χ0v) is 14.7. The minimum absolute atomic E-state index is 0.0143. The minimum atomic E-state index is -0.777. The van der Waals surface area contributed by atoms with E-state index < -0.39 is 5.97 Å². The van der Waals surface area contributed by atoms with Crippen molar-refractivity contribution in [3.63, 3.8) is 0 Å². The van der Waals surface area contributed by atoms with Crippen LogP contribution in [0.2, 0.25) is 0 Å². The Labute approximate surface area is 147 Å². The number of piperidine rings is 1. The van der Waals surface area contributed by atoms with Crippen LogP contribution in [0.5, 0.6) is 5.75 Å². The second-order valence-corrected chi connectivity index (χ2v) is 6.59. The topological polar surface area (TPSA) is 83.9 Å². The zero-order chi connectivity index (χ0) is 18.4. The number of hydrogen-bond donors (Lipinski definition) is 1. The van der Waals surface area contributed by atoms with Crippen molar-refractivity contribution in [2.45, 2.75) is 33.1 Å². The van der Waals surface area contributed by atoms with Crippen molar-refractivity contribution in [3.8, 4) is 5.75 Å². The summed E-state index contributed by atoms with van der Waals surface area (Å²) in [6.07, 6.45) is 1.46. The molecular formula is C19H25NO5. The molecule has 1 amide bonds. The van der Waals surface area contributed by atoms with Gasteiger partial charge in [0.05, 0.1) is 12.5 Å². The van der Waals surface area contributed by atoms with Gasteiger partial charge >= 0.3 is 5.97 Å². The van der Waals surface area contributed by atoms with E-state index in [0.717, 1.165) is 0 Å². The van der Waals surface area contributed by atoms with Crippen LogP contribution in [0.1, 0.15) is 43.5 Å². The Bertz CT molecular complexity index is 642. The molecule has 2 unspecified atom stereocenters. The molecule has 1 aliphatic rings. The van der Waals surface area contributed by atoms with E-state index in [-0.39, 0.29) is 23.5 Å². The highest BCUT2D eigenvalue weighted by Gasteiger charge is 2.32. The fourth-order valence-corrected chi connectivity index (χ4v) is 3.12. The van der Waals surface area contributed by atoms with E-state index in [9.17, 15) is 14.4 Å². The van der Waals surface area contributed by atoms with Gasteiger partial charge in [-0.3, -0.25) is 14.4 Å². The van der Waals surface area contributed by atoms with Crippen molar-refractivity contribution < 1.29 is 24.2 Å². The van der Waals surface area contributed by atoms with Crippen LogP contribution in [-0.4, -0.2) is 47.4 Å². The maximum atomic E-state index is 12.3. The number of nitrogens with zero attached hydrogens (tertiary/aromatic N) is 1. The molecule has 6 heteroatoms. The second-order valence-electron chi connectivity index (χ2n) is 6.59. The summed E-state index contributed by atoms with van der Waals surface area (Å²) in [5.74, 6) is -0.519. The number of amides is 1. The quantitative estimate of drug-likeness (QED) is 0.605. The molecular weight excluding hydrogens is 322 g/mol. The first-order valence-electron chi connectivity index (χ1n) is 8.63. The van der Waals surface area contributed by atoms with Gasteiger partial charge in [0, 0.05) is 25.1 Å². The van der Waals surface area contributed by atoms with Gasteiger partial charge in [-0.2, -0.15) is 0 Å². The van der Waals surface area contributed by atoms with Crippen molar-refractivity contribution in [2.24, 2.45) is 11.8 Å². The van der Waals surface area contributed by atoms with Gasteiger partial charge in [-0.05, 0) is 37.8 Å². The number of likely N-dealkylation sites (tertiary alicyclic amines) is 1. The van der Waals surface area contributed by atoms with Gasteiger partial charge in [-0.25, -0.2) is 0 Å². The third-order valence-corrected chi connectivity index (χ3v) is 4.62. The Morgan fingerprint density at radius 3 is 2.72 bits per heavy atom. The predicted octanol–water partition coefficient (Wildman–Crippen LogP) is 2.62. The molecule has 1 aliphatic heterocycles. The van der Waals surface area contributed by atoms with Gasteiger partial charge in [0.25, 0.3) is 0 Å². The zero-order valence-electron chi connectivity index (χ0n) is 14.7. The van der Waals surface area contributed by atoms with Gasteiger partial charge in [-0.15, -0.1) is 0 Å². The van der Waals surface area contributed by atoms with Gasteiger partial charge in [-0.1, -0.05) is 19.1 Å². The van der Waals surface area contributed by atoms with E-state index >= 15 is 0 Å². The Morgan fingerprint density at radius 2 is 2.08 bits per heavy atom. The highest BCUT2D eigenvalue weighted by molar-refractivity contribution is 5.94. The summed E-state index contributed by atoms with van der Waals surface area (Å²) < 4.78 is 5.60. The maximum absolute atomic E-state index is 12.3. The molecule has 0 aliphatic carbocycles. The van der Waals surface area contributed by atoms with Crippen molar-refractivity contribution in [2.75, 3.05) is 19.7 Å². The summed E-state index contributed by atoms with van der Waals surface area (Å²) in [5.41, 5.74) is 0.601. The minimum Gasteiger partial charge on any atom is -0.494 e. The highest BCUT2D eigenvalue weighted by Crippen LogP contribution is 2.24. The average molecular weight is 347 g/mol. The van der Waals surface area contributed by atoms with Crippen LogP contribution >= 0.6 is 0 Å². The Morgan fingerprint density at radius 1 is 1.32 bits per heavy atom. The van der Waals surface area contributed by atoms with Crippen molar-refractivity contribution in [1.29, 1.82) is 0 Å². The number of carbonyl (C=O) groups excluding carboxylic acids is 2. The normalized spacial score (nSPS) is 20.2. The largest absolute Gasteiger partial charge is 0.494 e. The number of carbonyl (C=O) groups is 3. The third kappa shape index (κ3) is 5.31. The molecule has 0 spiro atoms. The summed E-state index contributed by atoms with van der Waals surface area (Å²) in [6.45, 7) is 4.78. The molecule has 1 N–H and O–H groups in total. The lowest BCUT2D eigenvalue weighted by Gasteiger charge is -2.35. The number of benzene rings is 1. The number of aliphatic carboxylic acids is 1. The van der Waals surface area contributed by atoms with Gasteiger partial charge in [0.2, 0.25) is 5.91 Å². The van der Waals surface area contributed by atoms with Gasteiger partial charge in [0.1, 0.15) is 5.75 Å². The van der Waals surface area contributed by atoms with E-state index in [1.165, 1.54) is 6.92 Å². The number of hydrogen-bond acceptors (Lipinski definition) is 4. The molecule has 25 heavy (non-hydrogen) atoms. The predicted molar refractivity (Wildman–Crippen MR) is 92.7 cm³/mol. The molecule has 1 saturated heterocycles. The SMILES string of the molecule is CC(=O)c1cccc(OCCCC(=O)N2CCC(C(=O)O)C(C)C2)c1. The smallest absolute Gasteiger partial charge is 0.306 e. The molecule has 6 nitrogen and oxygen atoms in total. The Kier molecular flexibility index (Phi) is 6.56. The summed E-state index contributed by atoms with van der Waals surface area (Å²) in [6, 6.07) is 6.99. The first kappa shape index (κ1) is 19.0. The van der Waals surface area contributed by atoms with Crippen LogP contribution in [0.3, 0.4) is 0 Å². The lowest BCUT2D eigenvalue weighted by Crippen LogP contribution is -2.45. The van der Waals surface area contributed by atoms with Crippen LogP contribution < -0.4 is 4.74 Å². The number of ether oxygens (including phenoxy) is 1. The summed E-state index contributed by atoms with van der Waals surface area (Å²) in [4.78, 5) is 36.5. The fourth-order valence-electron chi connectivity index (χ4n) is 3.12. The van der Waals surface area contributed by atoms with E-state index in [1.807, 2.05) is 6.92 Å². The first-order chi connectivity index (χ1) is 11.9. The van der Waals surface area contributed by atoms with Gasteiger partial charge < -0.3 is 14.7 Å². The van der Waals surface area contributed by atoms with Crippen molar-refractivity contribution >= 4 is 17.7 Å². The molecule has 2 rings (SSSR count). The summed E-state index contributed by atoms with van der Waals surface area (Å²) in [7, 11) is 0. The van der Waals surface area contributed by atoms with E-state index in [2.05, 4.69) is 0 Å². The van der Waals surface area contributed by atoms with E-state index in [4.69, 9.17) is 9.84 Å². The lowest BCUT2D eigenvalue weighted by atomic mass is 9.87. The first-order valence-corrected chi connectivity index (χ1v) is 8.63. The Balaban J connectivity index is 1.73. The van der Waals surface area contributed by atoms with Crippen LogP contribution in [0.25, 0.3) is 0 Å². The molecule has 1 aromatic carbocycles. The molecule has 2 atom stereocenters. The standard InChI is InChI=1S/C19H25NO5/c1-13-12-20(9-8-17(13)19(23)24)18(22)7-4-10-25-16-6-3-5-15(11-16)14(2)21/h3,5-6,11,13,17H,4,7-10,12H2,1-2H3,(H,23,24). The Hall–Kier alpha value is -2.37. The molecule has 0 radical (unpaired) electrons. The highest BCUT2D eigenvalue weighted by atomic mass is 16.5. The molecule has 136 valence electrons. The molecule has 0 saturated carbocycles. The van der Waals surface area contributed by atoms with Crippen LogP contribution in [0, 0.1) is 11.8 Å². The number of Topliss-reactive ketones (excluding diaryl/α,β-unsaturated/α-hetero) is 1. The molecule has 1 heterocycles. The number of rotatable bonds is 7. The average Bonchev–Trinajstić information content (AvgIpc) is 2.58. The third-order valence-electron chi connectivity index (χ3n) is 4.62. The van der Waals surface area contributed by atoms with Crippen LogP contribution in [-0.2, 0) is 9.59 Å². The van der Waals surface area contributed by atoms with E-state index in [0.29, 0.717) is 50.3 Å². The summed E-state index contributed by atoms with van der Waals surface area (Å²) in [5, 5.41) is 9.13. The van der Waals surface area contributed by atoms with Gasteiger partial charge in [0.15, 0.2) is 5.78 Å². The number of carboxylic acids is 1. The molecule has 0 bridgehead atoms. The number of carboxylic acid groups (broad SMARTS) is 1. The second kappa shape index (κ2) is 8.65. The number of ketones is 1. The molecule has 1 fully saturated rings. The lowest BCUT2D eigenvalue weighted by molar-refractivity contribution is -0.148. The van der Waals surface area contributed by atoms with Crippen molar-refractivity contribution in [1.82, 2.24) is 4.90 Å². The molecule has 0 aromatic heterocycles. The summed E-state index contributed by atoms with van der Waals surface area (Å²) >= 11 is 0. The van der Waals surface area contributed by atoms with Crippen molar-refractivity contribution in [3.05, 3.63) is 29.8 Å². The maximum Gasteiger partial charge on any atom is 0.306 e. The van der Waals surface area contributed by atoms with E-state index in [1.54, 1.807) is 29.2 Å². The molecule has 1 aromatic rings. The fraction of sp³-hybridized carbons (Fsp3) is 0.526. The van der Waals surface area contributed by atoms with Crippen LogP contribution in [0.4, 0.5) is 0 Å². The van der Waals surface area contributed by atoms with Crippen LogP contribution in [0.15, 0.2) is 24.3 Å².